The minimum absolute atomic E-state index is 0.0186. The van der Waals surface area contributed by atoms with Crippen LogP contribution in [0.1, 0.15) is 117 Å². The molecule has 18 nitrogen and oxygen atoms in total. The molecule has 70 heavy (non-hydrogen) atoms. The number of ether oxygens (including phenoxy) is 2. The molecule has 396 valence electrons. The lowest BCUT2D eigenvalue weighted by molar-refractivity contribution is -0.341. The summed E-state index contributed by atoms with van der Waals surface area (Å²) in [6.07, 6.45) is 0.922. The second-order valence-corrected chi connectivity index (χ2v) is 24.5. The van der Waals surface area contributed by atoms with E-state index in [9.17, 15) is 55.5 Å². The number of aromatic amines is 1. The Morgan fingerprint density at radius 2 is 1.74 bits per heavy atom. The highest BCUT2D eigenvalue weighted by atomic mass is 16.7. The van der Waals surface area contributed by atoms with Crippen molar-refractivity contribution in [2.45, 2.75) is 161 Å². The van der Waals surface area contributed by atoms with E-state index in [-0.39, 0.29) is 49.2 Å². The summed E-state index contributed by atoms with van der Waals surface area (Å²) < 4.78 is 12.5. The second kappa shape index (κ2) is 19.6. The highest BCUT2D eigenvalue weighted by molar-refractivity contribution is 5.82. The normalized spacial score (nSPS) is 48.2. The van der Waals surface area contributed by atoms with Gasteiger partial charge in [-0.1, -0.05) is 59.6 Å². The van der Waals surface area contributed by atoms with Gasteiger partial charge in [-0.2, -0.15) is 0 Å². The van der Waals surface area contributed by atoms with Crippen LogP contribution in [0.5, 0.6) is 0 Å². The largest absolute Gasteiger partial charge is 0.481 e. The first kappa shape index (κ1) is 53.7. The zero-order valence-electron chi connectivity index (χ0n) is 42.3. The van der Waals surface area contributed by atoms with E-state index in [1.54, 1.807) is 19.6 Å². The van der Waals surface area contributed by atoms with Crippen molar-refractivity contribution in [2.24, 2.45) is 85.6 Å². The number of carbonyl (C=O) groups excluding carboxylic acids is 1. The number of nitrogens with one attached hydrogen (secondary N) is 3. The number of aliphatic hydroxyl groups is 8. The van der Waals surface area contributed by atoms with E-state index in [1.165, 1.54) is 0 Å². The number of carbonyl (C=O) groups is 2. The first-order chi connectivity index (χ1) is 33.0. The number of nitrogens with zero attached hydrogens (tertiary/aromatic N) is 1. The van der Waals surface area contributed by atoms with Crippen molar-refractivity contribution in [1.29, 1.82) is 0 Å². The zero-order chi connectivity index (χ0) is 51.1. The van der Waals surface area contributed by atoms with Crippen molar-refractivity contribution in [1.82, 2.24) is 20.6 Å². The number of rotatable bonds is 16. The molecule has 2 aliphatic heterocycles. The van der Waals surface area contributed by atoms with Gasteiger partial charge in [-0.15, -0.1) is 0 Å². The van der Waals surface area contributed by atoms with Gasteiger partial charge >= 0.3 is 5.97 Å². The molecule has 1 aromatic heterocycles. The summed E-state index contributed by atoms with van der Waals surface area (Å²) in [5, 5.41) is 108. The molecule has 0 bridgehead atoms. The number of aliphatic hydroxyl groups excluding tert-OH is 8. The average Bonchev–Trinajstić information content (AvgIpc) is 3.98. The van der Waals surface area contributed by atoms with E-state index in [1.807, 2.05) is 6.92 Å². The number of aromatic nitrogens is 2. The first-order valence-electron chi connectivity index (χ1n) is 26.1. The lowest BCUT2D eigenvalue weighted by Gasteiger charge is -2.74. The van der Waals surface area contributed by atoms with Crippen molar-refractivity contribution in [3.05, 3.63) is 29.9 Å². The van der Waals surface area contributed by atoms with E-state index >= 15 is 0 Å². The third-order valence-electron chi connectivity index (χ3n) is 21.5. The van der Waals surface area contributed by atoms with Crippen LogP contribution in [0.2, 0.25) is 0 Å². The minimum Gasteiger partial charge on any atom is -0.481 e. The maximum atomic E-state index is 14.2. The Balaban J connectivity index is 1.29. The Kier molecular flexibility index (Phi) is 15.0. The third-order valence-corrected chi connectivity index (χ3v) is 21.5. The lowest BCUT2D eigenvalue weighted by atomic mass is 9.30. The van der Waals surface area contributed by atoms with Crippen LogP contribution < -0.4 is 16.4 Å². The van der Waals surface area contributed by atoms with E-state index in [0.29, 0.717) is 63.6 Å². The summed E-state index contributed by atoms with van der Waals surface area (Å²) in [7, 11) is 1.77. The maximum absolute atomic E-state index is 14.2. The van der Waals surface area contributed by atoms with Crippen molar-refractivity contribution >= 4 is 11.9 Å². The number of nitrogens with two attached hydrogens (primary N) is 1. The topological polar surface area (TPSA) is 313 Å². The number of H-pyrrole nitrogens is 1. The molecule has 3 heterocycles. The Hall–Kier alpha value is -2.59. The van der Waals surface area contributed by atoms with E-state index < -0.39 is 130 Å². The molecule has 0 spiro atoms. The molecular formula is C52H85N5O13. The standard InChI is InChI=1S/C52H85N5O13/c1-8-27-17-52(46(67)68)14-13-47(2,23-59)18-33(52)31-9-10-37-49(4,51(27,31)6)12-11-36-48(3,24-60)42(70-45-41(64)40(63)35(61)22-69-45)39(62)32(50(36,37)5)16-28-30(21-58)44(66)57-38(28)29(34-20-55-25-56-34)15-26(19-54-7)43(53)65/h9,20,25-30,32-33,35-43,45,54,58-65H,8,10-19,21-24,53H2,1-7H3,(H,55,56)(H,57,66)(H,67,68)/t26-,27+,28-,29-,30+,32-,33+,35-,36-,37+,38-,39-,40+,41-,42-,43+,45+,47+,48+,49-,50+,51-,52+/m1/s1. The zero-order valence-corrected chi connectivity index (χ0v) is 42.3. The van der Waals surface area contributed by atoms with Gasteiger partial charge in [0.15, 0.2) is 6.29 Å². The predicted octanol–water partition coefficient (Wildman–Crippen LogP) is 1.60. The number of carboxylic acids is 1. The van der Waals surface area contributed by atoms with Crippen LogP contribution in [0.4, 0.5) is 0 Å². The van der Waals surface area contributed by atoms with Crippen LogP contribution in [0.3, 0.4) is 0 Å². The second-order valence-electron chi connectivity index (χ2n) is 24.5. The summed E-state index contributed by atoms with van der Waals surface area (Å²) in [6, 6.07) is -0.632. The molecule has 0 radical (unpaired) electrons. The van der Waals surface area contributed by atoms with Gasteiger partial charge in [-0.05, 0) is 122 Å². The van der Waals surface area contributed by atoms with Gasteiger partial charge in [0.05, 0.1) is 49.7 Å². The minimum atomic E-state index is -1.68. The molecule has 23 atom stereocenters. The molecule has 7 aliphatic rings. The quantitative estimate of drug-likeness (QED) is 0.0636. The molecule has 4 saturated carbocycles. The number of carboxylic acid groups (broad SMARTS) is 1. The summed E-state index contributed by atoms with van der Waals surface area (Å²) >= 11 is 0. The fourth-order valence-electron chi connectivity index (χ4n) is 17.3. The van der Waals surface area contributed by atoms with Gasteiger partial charge < -0.3 is 76.8 Å². The number of allylic oxidation sites excluding steroid dienone is 2. The number of hydrogen-bond acceptors (Lipinski definition) is 15. The monoisotopic (exact) mass is 988 g/mol. The molecule has 5 aliphatic carbocycles. The van der Waals surface area contributed by atoms with Crippen LogP contribution in [0.25, 0.3) is 0 Å². The van der Waals surface area contributed by atoms with Gasteiger partial charge in [0.2, 0.25) is 5.91 Å². The predicted molar refractivity (Wildman–Crippen MR) is 256 cm³/mol. The van der Waals surface area contributed by atoms with Crippen LogP contribution in [-0.4, -0.2) is 157 Å². The SMILES string of the molecule is CC[C@H]1C[C@@]2(C(=O)O)CC[C@](C)(CO)C[C@H]2C2=CC[C@@H]3[C@@]4(C)[C@H](C[C@H]5[C@H]([C@H](C[C@H](CNC)[C@@H](N)O)c6cnc[nH]6)NC(=O)[C@H]5CO)[C@@H](O)[C@@H](O[C@@H]5OC[C@@H](O)[C@H](O)[C@H]5O)[C@@](C)(CO)[C@H]4CC[C@@]3(C)[C@@]21C. The van der Waals surface area contributed by atoms with Crippen molar-refractivity contribution in [2.75, 3.05) is 40.0 Å². The average molecular weight is 988 g/mol. The number of amides is 1. The molecule has 0 unspecified atom stereocenters. The van der Waals surface area contributed by atoms with E-state index in [4.69, 9.17) is 15.2 Å². The fraction of sp³-hybridized carbons (Fsp3) is 0.865. The Labute approximate surface area is 412 Å². The third kappa shape index (κ3) is 8.07. The van der Waals surface area contributed by atoms with Gasteiger partial charge in [-0.3, -0.25) is 9.59 Å². The number of fused-ring (bicyclic) bond motifs is 7. The first-order valence-corrected chi connectivity index (χ1v) is 26.1. The summed E-state index contributed by atoms with van der Waals surface area (Å²) in [4.78, 5) is 35.5. The van der Waals surface area contributed by atoms with Gasteiger partial charge in [0, 0.05) is 48.3 Å². The molecule has 18 heteroatoms. The molecule has 2 saturated heterocycles. The van der Waals surface area contributed by atoms with Crippen LogP contribution in [-0.2, 0) is 19.1 Å². The summed E-state index contributed by atoms with van der Waals surface area (Å²) in [5.74, 6) is -5.08. The maximum Gasteiger partial charge on any atom is 0.310 e. The number of imidazole rings is 1. The molecule has 14 N–H and O–H groups in total. The van der Waals surface area contributed by atoms with Crippen LogP contribution in [0.15, 0.2) is 24.2 Å². The van der Waals surface area contributed by atoms with E-state index in [2.05, 4.69) is 61.3 Å². The summed E-state index contributed by atoms with van der Waals surface area (Å²) in [5.41, 5.74) is 3.62. The fourth-order valence-corrected chi connectivity index (χ4v) is 17.3. The lowest BCUT2D eigenvalue weighted by Crippen LogP contribution is -2.73. The number of hydrogen-bond donors (Lipinski definition) is 13. The van der Waals surface area contributed by atoms with Gasteiger partial charge in [-0.25, -0.2) is 4.98 Å². The Morgan fingerprint density at radius 1 is 1.01 bits per heavy atom. The highest BCUT2D eigenvalue weighted by Crippen LogP contribution is 2.78. The van der Waals surface area contributed by atoms with Crippen molar-refractivity contribution in [3.8, 4) is 0 Å². The highest BCUT2D eigenvalue weighted by Gasteiger charge is 2.75. The molecular weight excluding hydrogens is 903 g/mol. The van der Waals surface area contributed by atoms with Crippen LogP contribution in [0, 0.1) is 79.8 Å². The molecule has 6 fully saturated rings. The number of aliphatic carboxylic acids is 1. The van der Waals surface area contributed by atoms with Crippen molar-refractivity contribution in [3.63, 3.8) is 0 Å². The molecule has 0 aromatic carbocycles. The smallest absolute Gasteiger partial charge is 0.310 e. The molecule has 8 rings (SSSR count). The molecule has 1 aromatic rings. The van der Waals surface area contributed by atoms with Crippen molar-refractivity contribution < 1.29 is 65.0 Å². The summed E-state index contributed by atoms with van der Waals surface area (Å²) in [6.45, 7) is 12.1. The molecule has 1 amide bonds. The van der Waals surface area contributed by atoms with Gasteiger partial charge in [0.25, 0.3) is 0 Å². The van der Waals surface area contributed by atoms with Crippen LogP contribution >= 0.6 is 0 Å². The Morgan fingerprint density at radius 3 is 2.34 bits per heavy atom. The van der Waals surface area contributed by atoms with E-state index in [0.717, 1.165) is 12.0 Å². The van der Waals surface area contributed by atoms with Gasteiger partial charge in [0.1, 0.15) is 24.5 Å². The Bertz CT molecular complexity index is 2060.